The van der Waals surface area contributed by atoms with Gasteiger partial charge in [0.05, 0.1) is 12.2 Å². The van der Waals surface area contributed by atoms with Crippen LogP contribution in [0.4, 0.5) is 0 Å². The second-order valence-corrected chi connectivity index (χ2v) is 5.50. The molecule has 0 unspecified atom stereocenters. The molecule has 0 spiro atoms. The van der Waals surface area contributed by atoms with Crippen molar-refractivity contribution < 1.29 is 4.42 Å². The summed E-state index contributed by atoms with van der Waals surface area (Å²) in [7, 11) is 3.71. The smallest absolute Gasteiger partial charge is 0.214 e. The average Bonchev–Trinajstić information content (AvgIpc) is 2.81. The lowest BCUT2D eigenvalue weighted by molar-refractivity contribution is 0.443. The molecule has 0 aliphatic rings. The number of hydrogen-bond acceptors (Lipinski definition) is 3. The maximum atomic E-state index is 6.20. The third-order valence-corrected chi connectivity index (χ3v) is 3.78. The number of hydrogen-bond donors (Lipinski definition) is 1. The average molecular weight is 321 g/mol. The summed E-state index contributed by atoms with van der Waals surface area (Å²) >= 11 is 6.20. The van der Waals surface area contributed by atoms with Crippen LogP contribution in [-0.4, -0.2) is 29.9 Å². The minimum atomic E-state index is 0.494. The summed E-state index contributed by atoms with van der Waals surface area (Å²) < 4.78 is 5.56. The summed E-state index contributed by atoms with van der Waals surface area (Å²) in [5.41, 5.74) is 1.97. The molecular formula is C16H21ClN4O. The molecule has 0 bridgehead atoms. The van der Waals surface area contributed by atoms with E-state index < -0.39 is 0 Å². The summed E-state index contributed by atoms with van der Waals surface area (Å²) in [6.45, 7) is 5.00. The Labute approximate surface area is 136 Å². The molecule has 0 aliphatic heterocycles. The second-order valence-electron chi connectivity index (χ2n) is 5.10. The summed E-state index contributed by atoms with van der Waals surface area (Å²) in [6, 6.07) is 7.79. The van der Waals surface area contributed by atoms with Crippen LogP contribution in [0.1, 0.15) is 22.9 Å². The molecule has 5 nitrogen and oxygen atoms in total. The van der Waals surface area contributed by atoms with Crippen molar-refractivity contribution in [2.75, 3.05) is 14.1 Å². The molecule has 1 aromatic carbocycles. The van der Waals surface area contributed by atoms with E-state index in [4.69, 9.17) is 16.0 Å². The van der Waals surface area contributed by atoms with E-state index in [0.717, 1.165) is 28.0 Å². The number of rotatable bonds is 4. The molecule has 0 fully saturated rings. The highest BCUT2D eigenvalue weighted by atomic mass is 35.5. The maximum absolute atomic E-state index is 6.20. The fourth-order valence-electron chi connectivity index (χ4n) is 2.11. The number of aryl methyl sites for hydroxylation is 2. The molecule has 22 heavy (non-hydrogen) atoms. The van der Waals surface area contributed by atoms with E-state index in [2.05, 4.69) is 15.3 Å². The number of halogens is 1. The molecule has 1 heterocycles. The van der Waals surface area contributed by atoms with Crippen LogP contribution in [0, 0.1) is 13.8 Å². The van der Waals surface area contributed by atoms with Gasteiger partial charge >= 0.3 is 0 Å². The zero-order valence-electron chi connectivity index (χ0n) is 13.4. The molecule has 0 saturated carbocycles. The first-order valence-electron chi connectivity index (χ1n) is 7.09. The van der Waals surface area contributed by atoms with Crippen molar-refractivity contribution in [3.05, 3.63) is 52.2 Å². The van der Waals surface area contributed by atoms with Gasteiger partial charge in [0, 0.05) is 25.7 Å². The molecule has 1 aromatic heterocycles. The normalized spacial score (nSPS) is 11.6. The fourth-order valence-corrected chi connectivity index (χ4v) is 2.31. The number of aromatic nitrogens is 1. The third-order valence-electron chi connectivity index (χ3n) is 3.41. The van der Waals surface area contributed by atoms with Gasteiger partial charge in [0.15, 0.2) is 5.96 Å². The summed E-state index contributed by atoms with van der Waals surface area (Å²) in [6.07, 6.45) is 0. The standard InChI is InChI=1S/C16H21ClN4O/c1-11-12(2)22-15(20-11)9-19-16(18-3)21(4)10-13-7-5-6-8-14(13)17/h5-8H,9-10H2,1-4H3,(H,18,19). The van der Waals surface area contributed by atoms with E-state index in [-0.39, 0.29) is 0 Å². The predicted molar refractivity (Wildman–Crippen MR) is 89.1 cm³/mol. The molecule has 0 atom stereocenters. The van der Waals surface area contributed by atoms with Crippen LogP contribution in [-0.2, 0) is 13.1 Å². The molecule has 2 aromatic rings. The van der Waals surface area contributed by atoms with Gasteiger partial charge in [-0.05, 0) is 25.5 Å². The van der Waals surface area contributed by atoms with Crippen LogP contribution in [0.25, 0.3) is 0 Å². The van der Waals surface area contributed by atoms with E-state index in [9.17, 15) is 0 Å². The van der Waals surface area contributed by atoms with Gasteiger partial charge in [0.25, 0.3) is 0 Å². The van der Waals surface area contributed by atoms with Crippen LogP contribution in [0.5, 0.6) is 0 Å². The molecule has 0 saturated heterocycles. The molecular weight excluding hydrogens is 300 g/mol. The number of benzene rings is 1. The van der Waals surface area contributed by atoms with Crippen molar-refractivity contribution in [1.29, 1.82) is 0 Å². The van der Waals surface area contributed by atoms with E-state index in [1.165, 1.54) is 0 Å². The molecule has 1 N–H and O–H groups in total. The largest absolute Gasteiger partial charge is 0.444 e. The maximum Gasteiger partial charge on any atom is 0.214 e. The Morgan fingerprint density at radius 2 is 2.09 bits per heavy atom. The van der Waals surface area contributed by atoms with E-state index >= 15 is 0 Å². The molecule has 6 heteroatoms. The lowest BCUT2D eigenvalue weighted by Gasteiger charge is -2.22. The molecule has 0 aliphatic carbocycles. The minimum Gasteiger partial charge on any atom is -0.444 e. The van der Waals surface area contributed by atoms with Gasteiger partial charge < -0.3 is 14.6 Å². The van der Waals surface area contributed by atoms with Crippen LogP contribution < -0.4 is 5.32 Å². The summed E-state index contributed by atoms with van der Waals surface area (Å²) in [5, 5.41) is 4.00. The zero-order valence-corrected chi connectivity index (χ0v) is 14.1. The Hall–Kier alpha value is -2.01. The van der Waals surface area contributed by atoms with E-state index in [1.54, 1.807) is 7.05 Å². The third kappa shape index (κ3) is 4.01. The van der Waals surface area contributed by atoms with E-state index in [1.807, 2.05) is 50.1 Å². The topological polar surface area (TPSA) is 53.7 Å². The van der Waals surface area contributed by atoms with Crippen LogP contribution in [0.3, 0.4) is 0 Å². The van der Waals surface area contributed by atoms with Gasteiger partial charge in [-0.25, -0.2) is 4.98 Å². The number of guanidine groups is 1. The quantitative estimate of drug-likeness (QED) is 0.694. The highest BCUT2D eigenvalue weighted by molar-refractivity contribution is 6.31. The lowest BCUT2D eigenvalue weighted by Crippen LogP contribution is -2.38. The van der Waals surface area contributed by atoms with Gasteiger partial charge in [-0.1, -0.05) is 29.8 Å². The van der Waals surface area contributed by atoms with Gasteiger partial charge in [0.2, 0.25) is 5.89 Å². The lowest BCUT2D eigenvalue weighted by atomic mass is 10.2. The SMILES string of the molecule is CN=C(NCc1nc(C)c(C)o1)N(C)Cc1ccccc1Cl. The van der Waals surface area contributed by atoms with Crippen molar-refractivity contribution in [3.63, 3.8) is 0 Å². The minimum absolute atomic E-state index is 0.494. The zero-order chi connectivity index (χ0) is 16.1. The Balaban J connectivity index is 1.98. The molecule has 0 radical (unpaired) electrons. The number of nitrogens with zero attached hydrogens (tertiary/aromatic N) is 3. The highest BCUT2D eigenvalue weighted by Crippen LogP contribution is 2.16. The predicted octanol–water partition coefficient (Wildman–Crippen LogP) is 3.15. The second kappa shape index (κ2) is 7.31. The van der Waals surface area contributed by atoms with Crippen LogP contribution >= 0.6 is 11.6 Å². The van der Waals surface area contributed by atoms with Crippen molar-refractivity contribution in [3.8, 4) is 0 Å². The summed E-state index contributed by atoms with van der Waals surface area (Å²) in [5.74, 6) is 2.26. The Bertz CT molecular complexity index is 646. The first kappa shape index (κ1) is 16.4. The highest BCUT2D eigenvalue weighted by Gasteiger charge is 2.11. The van der Waals surface area contributed by atoms with Gasteiger partial charge in [-0.3, -0.25) is 4.99 Å². The van der Waals surface area contributed by atoms with Gasteiger partial charge in [-0.15, -0.1) is 0 Å². The monoisotopic (exact) mass is 320 g/mol. The molecule has 2 rings (SSSR count). The number of oxazole rings is 1. The van der Waals surface area contributed by atoms with Gasteiger partial charge in [-0.2, -0.15) is 0 Å². The van der Waals surface area contributed by atoms with Crippen LogP contribution in [0.15, 0.2) is 33.7 Å². The number of nitrogens with one attached hydrogen (secondary N) is 1. The van der Waals surface area contributed by atoms with Crippen molar-refractivity contribution >= 4 is 17.6 Å². The first-order valence-corrected chi connectivity index (χ1v) is 7.47. The summed E-state index contributed by atoms with van der Waals surface area (Å²) in [4.78, 5) is 10.6. The first-order chi connectivity index (χ1) is 10.5. The van der Waals surface area contributed by atoms with Crippen molar-refractivity contribution in [2.45, 2.75) is 26.9 Å². The van der Waals surface area contributed by atoms with Crippen LogP contribution in [0.2, 0.25) is 5.02 Å². The number of aliphatic imine (C=N–C) groups is 1. The fraction of sp³-hybridized carbons (Fsp3) is 0.375. The Morgan fingerprint density at radius 3 is 2.68 bits per heavy atom. The molecule has 118 valence electrons. The van der Waals surface area contributed by atoms with Crippen molar-refractivity contribution in [1.82, 2.24) is 15.2 Å². The Morgan fingerprint density at radius 1 is 1.36 bits per heavy atom. The Kier molecular flexibility index (Phi) is 5.44. The van der Waals surface area contributed by atoms with E-state index in [0.29, 0.717) is 19.0 Å². The van der Waals surface area contributed by atoms with Gasteiger partial charge in [0.1, 0.15) is 5.76 Å². The molecule has 0 amide bonds. The van der Waals surface area contributed by atoms with Crippen molar-refractivity contribution in [2.24, 2.45) is 4.99 Å².